The molecule has 6 N–H and O–H groups in total. The maximum Gasteiger partial charge on any atom is 0.306 e. The number of carbonyl (C=O) groups excluding carboxylic acids is 2. The van der Waals surface area contributed by atoms with Gasteiger partial charge in [0.25, 0.3) is 0 Å². The van der Waals surface area contributed by atoms with Gasteiger partial charge in [-0.1, -0.05) is 247 Å². The van der Waals surface area contributed by atoms with Crippen LogP contribution in [-0.4, -0.2) is 99.6 Å². The lowest BCUT2D eigenvalue weighted by molar-refractivity contribution is -0.305. The number of hydrogen-bond acceptors (Lipinski definition) is 10. The van der Waals surface area contributed by atoms with Crippen molar-refractivity contribution in [2.45, 2.75) is 320 Å². The number of nitrogens with one attached hydrogen (secondary N) is 1. The number of aliphatic hydroxyl groups excluding tert-OH is 5. The van der Waals surface area contributed by atoms with Gasteiger partial charge in [0.05, 0.1) is 25.4 Å². The van der Waals surface area contributed by atoms with Gasteiger partial charge in [-0.25, -0.2) is 0 Å². The number of ether oxygens (including phenoxy) is 3. The monoisotopic (exact) mass is 1110 g/mol. The molecule has 1 aliphatic heterocycles. The van der Waals surface area contributed by atoms with Crippen LogP contribution >= 0.6 is 0 Å². The van der Waals surface area contributed by atoms with Crippen LogP contribution in [0.3, 0.4) is 0 Å². The van der Waals surface area contributed by atoms with Gasteiger partial charge in [-0.05, 0) is 103 Å². The molecular weight excluding hydrogens is 991 g/mol. The van der Waals surface area contributed by atoms with Crippen LogP contribution in [0.1, 0.15) is 271 Å². The van der Waals surface area contributed by atoms with Crippen molar-refractivity contribution in [2.75, 3.05) is 13.2 Å². The van der Waals surface area contributed by atoms with Crippen molar-refractivity contribution in [1.29, 1.82) is 0 Å². The van der Waals surface area contributed by atoms with Gasteiger partial charge in [-0.2, -0.15) is 0 Å². The van der Waals surface area contributed by atoms with Crippen LogP contribution in [0.25, 0.3) is 0 Å². The number of hydrogen-bond donors (Lipinski definition) is 6. The van der Waals surface area contributed by atoms with E-state index in [0.717, 1.165) is 116 Å². The number of aliphatic hydroxyl groups is 5. The Morgan fingerprint density at radius 2 is 0.873 bits per heavy atom. The first-order valence-electron chi connectivity index (χ1n) is 32.4. The number of unbranched alkanes of at least 4 members (excludes halogenated alkanes) is 28. The fourth-order valence-corrected chi connectivity index (χ4v) is 9.61. The summed E-state index contributed by atoms with van der Waals surface area (Å²) >= 11 is 0. The fourth-order valence-electron chi connectivity index (χ4n) is 9.61. The molecule has 0 bridgehead atoms. The summed E-state index contributed by atoms with van der Waals surface area (Å²) in [5.74, 6) is -1.22. The van der Waals surface area contributed by atoms with E-state index in [0.29, 0.717) is 12.8 Å². The highest BCUT2D eigenvalue weighted by atomic mass is 16.7. The minimum Gasteiger partial charge on any atom is -0.454 e. The Hall–Kier alpha value is -3.16. The second-order valence-electron chi connectivity index (χ2n) is 22.1. The molecule has 1 heterocycles. The third kappa shape index (κ3) is 43.2. The Balaban J connectivity index is 2.66. The number of rotatable bonds is 54. The molecule has 8 atom stereocenters. The Labute approximate surface area is 483 Å². The third-order valence-electron chi connectivity index (χ3n) is 14.8. The first kappa shape index (κ1) is 73.9. The van der Waals surface area contributed by atoms with E-state index in [1.807, 2.05) is 6.08 Å². The normalized spacial score (nSPS) is 19.4. The molecular formula is C68H119NO10. The minimum atomic E-state index is -1.62. The molecule has 1 saturated heterocycles. The van der Waals surface area contributed by atoms with E-state index in [2.05, 4.69) is 99.0 Å². The summed E-state index contributed by atoms with van der Waals surface area (Å²) in [5, 5.41) is 57.0. The van der Waals surface area contributed by atoms with Crippen LogP contribution in [0.2, 0.25) is 0 Å². The zero-order chi connectivity index (χ0) is 57.5. The lowest BCUT2D eigenvalue weighted by atomic mass is 9.99. The molecule has 456 valence electrons. The molecule has 11 heteroatoms. The summed E-state index contributed by atoms with van der Waals surface area (Å²) in [6, 6.07) is -1.03. The summed E-state index contributed by atoms with van der Waals surface area (Å²) in [5.41, 5.74) is 0. The maximum absolute atomic E-state index is 13.4. The van der Waals surface area contributed by atoms with E-state index in [4.69, 9.17) is 14.2 Å². The maximum atomic E-state index is 13.4. The summed E-state index contributed by atoms with van der Waals surface area (Å²) in [6.45, 7) is 5.72. The molecule has 0 aromatic heterocycles. The van der Waals surface area contributed by atoms with Crippen molar-refractivity contribution in [3.8, 4) is 0 Å². The van der Waals surface area contributed by atoms with E-state index in [-0.39, 0.29) is 19.4 Å². The molecule has 1 amide bonds. The van der Waals surface area contributed by atoms with Crippen LogP contribution in [-0.2, 0) is 23.8 Å². The van der Waals surface area contributed by atoms with Gasteiger partial charge in [0.15, 0.2) is 12.4 Å². The molecule has 0 aromatic rings. The van der Waals surface area contributed by atoms with Gasteiger partial charge in [0.2, 0.25) is 5.91 Å². The number of amides is 1. The highest BCUT2D eigenvalue weighted by molar-refractivity contribution is 5.80. The summed E-state index contributed by atoms with van der Waals surface area (Å²) in [4.78, 5) is 26.6. The van der Waals surface area contributed by atoms with Gasteiger partial charge in [-0.3, -0.25) is 9.59 Å². The molecule has 0 radical (unpaired) electrons. The lowest BCUT2D eigenvalue weighted by Crippen LogP contribution is -2.61. The van der Waals surface area contributed by atoms with Crippen LogP contribution in [0.15, 0.2) is 85.1 Å². The van der Waals surface area contributed by atoms with Crippen molar-refractivity contribution in [1.82, 2.24) is 5.32 Å². The average Bonchev–Trinajstić information content (AvgIpc) is 3.45. The molecule has 11 nitrogen and oxygen atoms in total. The standard InChI is InChI=1S/C68H119NO10/c1-4-7-10-13-16-19-22-24-26-28-30-32-33-35-37-40-43-46-49-52-55-61(72)67(76)69-59(60(71)54-51-48-45-42-39-21-18-15-12-9-6-3)58-77-68-66(65(75)64(74)62(57-70)78-68)79-63(73)56-53-50-47-44-41-38-36-34-31-29-27-25-23-20-17-14-11-8-5-2/h16-17,19-20,24-27,30-32,34,51,54,59-62,64-66,68,70-72,74-75H,4-15,18,21-23,28-29,33,35-50,52-53,55-58H2,1-3H3,(H,69,76)/b19-16-,20-17-,26-24-,27-25-,32-30-,34-31-,54-51+. The smallest absolute Gasteiger partial charge is 0.306 e. The highest BCUT2D eigenvalue weighted by Crippen LogP contribution is 2.26. The summed E-state index contributed by atoms with van der Waals surface area (Å²) in [6.07, 6.45) is 61.8. The molecule has 0 aliphatic carbocycles. The predicted octanol–water partition coefficient (Wildman–Crippen LogP) is 15.7. The Bertz CT molecular complexity index is 1610. The van der Waals surface area contributed by atoms with Crippen molar-refractivity contribution < 1.29 is 49.3 Å². The SMILES string of the molecule is CCCCC/C=C\C/C=C\C/C=C\CCCCCCCCCC(O)C(=O)NC(COC1OC(CO)C(O)C(O)C1OC(=O)CCCCCCCC/C=C\C/C=C\C/C=C\CCCCC)C(O)/C=C/CCCCCCCCCCC. The average molecular weight is 1110 g/mol. The quantitative estimate of drug-likeness (QED) is 0.0195. The Morgan fingerprint density at radius 1 is 0.494 bits per heavy atom. The van der Waals surface area contributed by atoms with Gasteiger partial charge in [0.1, 0.15) is 24.4 Å². The molecule has 8 unspecified atom stereocenters. The lowest BCUT2D eigenvalue weighted by Gasteiger charge is -2.41. The van der Waals surface area contributed by atoms with Crippen LogP contribution in [0, 0.1) is 0 Å². The topological polar surface area (TPSA) is 175 Å². The zero-order valence-electron chi connectivity index (χ0n) is 50.5. The molecule has 1 fully saturated rings. The molecule has 1 rings (SSSR count). The van der Waals surface area contributed by atoms with Crippen LogP contribution < -0.4 is 5.32 Å². The molecule has 0 saturated carbocycles. The van der Waals surface area contributed by atoms with Gasteiger partial charge >= 0.3 is 5.97 Å². The first-order chi connectivity index (χ1) is 38.7. The van der Waals surface area contributed by atoms with E-state index in [1.165, 1.54) is 109 Å². The van der Waals surface area contributed by atoms with E-state index in [1.54, 1.807) is 6.08 Å². The molecule has 0 aromatic carbocycles. The van der Waals surface area contributed by atoms with Gasteiger partial charge in [0, 0.05) is 6.42 Å². The second-order valence-corrected chi connectivity index (χ2v) is 22.1. The van der Waals surface area contributed by atoms with E-state index in [9.17, 15) is 35.1 Å². The van der Waals surface area contributed by atoms with Crippen molar-refractivity contribution >= 4 is 11.9 Å². The van der Waals surface area contributed by atoms with Crippen molar-refractivity contribution in [2.24, 2.45) is 0 Å². The highest BCUT2D eigenvalue weighted by Gasteiger charge is 2.47. The van der Waals surface area contributed by atoms with Gasteiger partial charge in [-0.15, -0.1) is 0 Å². The minimum absolute atomic E-state index is 0.105. The first-order valence-corrected chi connectivity index (χ1v) is 32.4. The fraction of sp³-hybridized carbons (Fsp3) is 0.765. The molecule has 0 spiro atoms. The summed E-state index contributed by atoms with van der Waals surface area (Å²) < 4.78 is 17.6. The van der Waals surface area contributed by atoms with Crippen molar-refractivity contribution in [3.05, 3.63) is 85.1 Å². The van der Waals surface area contributed by atoms with E-state index >= 15 is 0 Å². The van der Waals surface area contributed by atoms with Crippen molar-refractivity contribution in [3.63, 3.8) is 0 Å². The molecule has 1 aliphatic rings. The number of allylic oxidation sites excluding steroid dienone is 13. The Kier molecular flexibility index (Phi) is 51.8. The van der Waals surface area contributed by atoms with Crippen LogP contribution in [0.5, 0.6) is 0 Å². The zero-order valence-corrected chi connectivity index (χ0v) is 50.5. The number of carbonyl (C=O) groups is 2. The van der Waals surface area contributed by atoms with Gasteiger partial charge < -0.3 is 45.1 Å². The second kappa shape index (κ2) is 55.4. The molecule has 79 heavy (non-hydrogen) atoms. The summed E-state index contributed by atoms with van der Waals surface area (Å²) in [7, 11) is 0. The largest absolute Gasteiger partial charge is 0.454 e. The van der Waals surface area contributed by atoms with Crippen LogP contribution in [0.4, 0.5) is 0 Å². The van der Waals surface area contributed by atoms with E-state index < -0.39 is 67.4 Å². The number of esters is 1. The Morgan fingerprint density at radius 3 is 1.33 bits per heavy atom. The predicted molar refractivity (Wildman–Crippen MR) is 329 cm³/mol. The third-order valence-corrected chi connectivity index (χ3v) is 14.8.